The number of benzene rings is 1. The van der Waals surface area contributed by atoms with Gasteiger partial charge in [-0.15, -0.1) is 0 Å². The van der Waals surface area contributed by atoms with Gasteiger partial charge in [-0.1, -0.05) is 31.0 Å². The summed E-state index contributed by atoms with van der Waals surface area (Å²) >= 11 is 6.14. The van der Waals surface area contributed by atoms with Crippen molar-refractivity contribution in [3.05, 3.63) is 83.3 Å². The van der Waals surface area contributed by atoms with Crippen LogP contribution in [0, 0.1) is 11.7 Å². The van der Waals surface area contributed by atoms with E-state index in [9.17, 15) is 18.4 Å². The Morgan fingerprint density at radius 2 is 1.93 bits per heavy atom. The predicted octanol–water partition coefficient (Wildman–Crippen LogP) is 7.25. The highest BCUT2D eigenvalue weighted by Gasteiger charge is 2.32. The number of carbonyl (C=O) groups excluding carboxylic acids is 2. The van der Waals surface area contributed by atoms with Crippen LogP contribution in [0.2, 0.25) is 5.02 Å². The van der Waals surface area contributed by atoms with Crippen LogP contribution < -0.4 is 5.32 Å². The molecule has 2 aliphatic rings. The van der Waals surface area contributed by atoms with E-state index < -0.39 is 12.4 Å². The molecule has 2 aliphatic heterocycles. The zero-order chi connectivity index (χ0) is 31.1. The molecule has 0 unspecified atom stereocenters. The summed E-state index contributed by atoms with van der Waals surface area (Å²) in [7, 11) is 1.90. The number of nitrogens with one attached hydrogen (secondary N) is 1. The van der Waals surface area contributed by atoms with Gasteiger partial charge >= 0.3 is 6.55 Å². The van der Waals surface area contributed by atoms with Crippen LogP contribution in [0.3, 0.4) is 0 Å². The van der Waals surface area contributed by atoms with Gasteiger partial charge in [0.1, 0.15) is 5.82 Å². The van der Waals surface area contributed by atoms with E-state index in [-0.39, 0.29) is 46.5 Å². The summed E-state index contributed by atoms with van der Waals surface area (Å²) in [6.45, 7) is -0.689. The molecule has 228 valence electrons. The fourth-order valence-corrected chi connectivity index (χ4v) is 6.24. The quantitative estimate of drug-likeness (QED) is 0.260. The fraction of sp³-hybridized carbons (Fsp3) is 0.312. The smallest absolute Gasteiger partial charge is 0.333 e. The standard InChI is InChI=1S/C32H30ClF3N6O2/c1-18-4-3-5-26(25-14-20(8-11-37-25)30-24(39-31(18)44)10-12-40(30)2)41-13-9-19(15-27(41)43)28-22(6-7-23(33)29(28)34)21-16-38-42(17-21)32(35)36/h6-8,10-12,14-18,26,32H,3-5,9,13H2,1-2H3,(H,39,44)/t18-,26+/m1/s1. The minimum Gasteiger partial charge on any atom is -0.349 e. The first-order chi connectivity index (χ1) is 21.1. The van der Waals surface area contributed by atoms with Gasteiger partial charge in [0.05, 0.1) is 34.3 Å². The van der Waals surface area contributed by atoms with Crippen LogP contribution in [0.4, 0.5) is 18.9 Å². The Balaban J connectivity index is 1.37. The van der Waals surface area contributed by atoms with Crippen molar-refractivity contribution < 1.29 is 22.8 Å². The third-order valence-electron chi connectivity index (χ3n) is 8.40. The van der Waals surface area contributed by atoms with Crippen LogP contribution in [0.1, 0.15) is 56.5 Å². The summed E-state index contributed by atoms with van der Waals surface area (Å²) in [6, 6.07) is 8.20. The van der Waals surface area contributed by atoms with E-state index in [1.165, 1.54) is 18.3 Å². The van der Waals surface area contributed by atoms with E-state index in [0.29, 0.717) is 52.9 Å². The summed E-state index contributed by atoms with van der Waals surface area (Å²) in [5.41, 5.74) is 4.22. The molecule has 2 atom stereocenters. The summed E-state index contributed by atoms with van der Waals surface area (Å²) in [4.78, 5) is 33.2. The van der Waals surface area contributed by atoms with Crippen LogP contribution in [0.5, 0.6) is 0 Å². The largest absolute Gasteiger partial charge is 0.349 e. The first-order valence-electron chi connectivity index (χ1n) is 14.4. The molecule has 2 amide bonds. The number of nitrogens with zero attached hydrogens (tertiary/aromatic N) is 5. The lowest BCUT2D eigenvalue weighted by molar-refractivity contribution is -0.129. The Bertz CT molecular complexity index is 1780. The monoisotopic (exact) mass is 622 g/mol. The molecule has 2 bridgehead atoms. The van der Waals surface area contributed by atoms with Gasteiger partial charge in [-0.2, -0.15) is 13.9 Å². The van der Waals surface area contributed by atoms with Crippen LogP contribution in [-0.2, 0) is 16.6 Å². The molecule has 0 spiro atoms. The van der Waals surface area contributed by atoms with Crippen molar-refractivity contribution in [3.63, 3.8) is 0 Å². The number of carbonyl (C=O) groups is 2. The maximum absolute atomic E-state index is 15.6. The van der Waals surface area contributed by atoms with Gasteiger partial charge in [0.25, 0.3) is 0 Å². The average molecular weight is 623 g/mol. The third kappa shape index (κ3) is 5.52. The van der Waals surface area contributed by atoms with Crippen LogP contribution >= 0.6 is 11.6 Å². The summed E-state index contributed by atoms with van der Waals surface area (Å²) < 4.78 is 44.4. The molecule has 1 aromatic carbocycles. The van der Waals surface area contributed by atoms with Gasteiger partial charge < -0.3 is 14.8 Å². The molecule has 12 heteroatoms. The highest BCUT2D eigenvalue weighted by atomic mass is 35.5. The molecule has 3 aromatic heterocycles. The topological polar surface area (TPSA) is 85.1 Å². The molecular formula is C32H30ClF3N6O2. The van der Waals surface area contributed by atoms with Crippen molar-refractivity contribution in [2.24, 2.45) is 13.0 Å². The minimum absolute atomic E-state index is 0.0658. The van der Waals surface area contributed by atoms with E-state index in [1.54, 1.807) is 17.2 Å². The minimum atomic E-state index is -2.85. The molecule has 0 radical (unpaired) electrons. The molecule has 0 aliphatic carbocycles. The van der Waals surface area contributed by atoms with Crippen LogP contribution in [0.15, 0.2) is 61.2 Å². The molecule has 0 saturated heterocycles. The summed E-state index contributed by atoms with van der Waals surface area (Å²) in [5.74, 6) is -1.36. The molecule has 6 rings (SSSR count). The van der Waals surface area contributed by atoms with Crippen molar-refractivity contribution in [2.75, 3.05) is 11.9 Å². The van der Waals surface area contributed by atoms with Crippen LogP contribution in [0.25, 0.3) is 28.0 Å². The lowest BCUT2D eigenvalue weighted by atomic mass is 9.90. The number of rotatable bonds is 4. The number of aromatic nitrogens is 4. The van der Waals surface area contributed by atoms with Gasteiger partial charge in [-0.3, -0.25) is 14.6 Å². The Labute approximate surface area is 257 Å². The van der Waals surface area contributed by atoms with Crippen molar-refractivity contribution in [2.45, 2.75) is 45.2 Å². The molecule has 0 fully saturated rings. The maximum Gasteiger partial charge on any atom is 0.333 e. The number of amides is 2. The molecular weight excluding hydrogens is 593 g/mol. The molecule has 8 nitrogen and oxygen atoms in total. The van der Waals surface area contributed by atoms with E-state index in [4.69, 9.17) is 11.6 Å². The number of halogens is 4. The zero-order valence-corrected chi connectivity index (χ0v) is 24.9. The number of hydrogen-bond acceptors (Lipinski definition) is 4. The van der Waals surface area contributed by atoms with Crippen molar-refractivity contribution >= 4 is 34.7 Å². The molecule has 4 aromatic rings. The SMILES string of the molecule is C[C@@H]1CCC[C@H](N2CCC(c3c(-c4cnn(C(F)F)c4)ccc(Cl)c3F)=CC2=O)c2cc(ccn2)-c2c(ccn2C)NC1=O. The van der Waals surface area contributed by atoms with E-state index >= 15 is 4.39 Å². The van der Waals surface area contributed by atoms with E-state index in [2.05, 4.69) is 15.4 Å². The molecule has 0 saturated carbocycles. The highest BCUT2D eigenvalue weighted by molar-refractivity contribution is 6.31. The van der Waals surface area contributed by atoms with Gasteiger partial charge in [-0.05, 0) is 54.7 Å². The van der Waals surface area contributed by atoms with Crippen molar-refractivity contribution in [3.8, 4) is 22.4 Å². The first kappa shape index (κ1) is 29.7. The summed E-state index contributed by atoms with van der Waals surface area (Å²) in [5, 5.41) is 6.60. The van der Waals surface area contributed by atoms with Crippen molar-refractivity contribution in [1.29, 1.82) is 0 Å². The van der Waals surface area contributed by atoms with Crippen LogP contribution in [-0.4, -0.2) is 42.6 Å². The van der Waals surface area contributed by atoms with Gasteiger partial charge in [0, 0.05) is 60.9 Å². The first-order valence-corrected chi connectivity index (χ1v) is 14.7. The second-order valence-corrected chi connectivity index (χ2v) is 11.6. The number of hydrogen-bond donors (Lipinski definition) is 1. The number of alkyl halides is 2. The predicted molar refractivity (Wildman–Crippen MR) is 161 cm³/mol. The highest BCUT2D eigenvalue weighted by Crippen LogP contribution is 2.40. The Morgan fingerprint density at radius 1 is 1.11 bits per heavy atom. The Morgan fingerprint density at radius 3 is 2.68 bits per heavy atom. The Hall–Kier alpha value is -4.38. The fourth-order valence-electron chi connectivity index (χ4n) is 6.09. The van der Waals surface area contributed by atoms with E-state index in [0.717, 1.165) is 17.5 Å². The average Bonchev–Trinajstić information content (AvgIpc) is 3.64. The van der Waals surface area contributed by atoms with Crippen molar-refractivity contribution in [1.82, 2.24) is 24.2 Å². The lowest BCUT2D eigenvalue weighted by Crippen LogP contribution is -2.38. The van der Waals surface area contributed by atoms with Gasteiger partial charge in [-0.25, -0.2) is 9.07 Å². The Kier molecular flexibility index (Phi) is 8.06. The lowest BCUT2D eigenvalue weighted by Gasteiger charge is -2.35. The number of anilines is 1. The number of fused-ring (bicyclic) bond motifs is 4. The molecule has 1 N–H and O–H groups in total. The molecule has 44 heavy (non-hydrogen) atoms. The second-order valence-electron chi connectivity index (χ2n) is 11.2. The van der Waals surface area contributed by atoms with Gasteiger partial charge in [0.15, 0.2) is 0 Å². The normalized spacial score (nSPS) is 19.2. The number of aryl methyl sites for hydroxylation is 1. The zero-order valence-electron chi connectivity index (χ0n) is 24.1. The number of pyridine rings is 1. The second kappa shape index (κ2) is 12.0. The molecule has 5 heterocycles. The maximum atomic E-state index is 15.6. The summed E-state index contributed by atoms with van der Waals surface area (Å²) in [6.07, 6.45) is 9.52. The third-order valence-corrected chi connectivity index (χ3v) is 8.69. The van der Waals surface area contributed by atoms with Gasteiger partial charge in [0.2, 0.25) is 11.8 Å². The van der Waals surface area contributed by atoms with E-state index in [1.807, 2.05) is 42.9 Å².